The fraction of sp³-hybridized carbons (Fsp3) is 0.348. The van der Waals surface area contributed by atoms with Gasteiger partial charge in [0.1, 0.15) is 11.6 Å². The minimum atomic E-state index is -0.228. The predicted octanol–water partition coefficient (Wildman–Crippen LogP) is 2.48. The minimum Gasteiger partial charge on any atom is -0.507 e. The van der Waals surface area contributed by atoms with Gasteiger partial charge in [-0.2, -0.15) is 0 Å². The predicted molar refractivity (Wildman–Crippen MR) is 114 cm³/mol. The number of aromatic nitrogens is 3. The number of pyridine rings is 1. The number of nitrogens with zero attached hydrogens (tertiary/aromatic N) is 4. The van der Waals surface area contributed by atoms with E-state index in [1.165, 1.54) is 0 Å². The summed E-state index contributed by atoms with van der Waals surface area (Å²) >= 11 is 0. The van der Waals surface area contributed by atoms with Crippen molar-refractivity contribution in [2.45, 2.75) is 25.3 Å². The Hall–Kier alpha value is -3.19. The lowest BCUT2D eigenvalue weighted by atomic mass is 9.78. The van der Waals surface area contributed by atoms with Crippen LogP contribution in [-0.4, -0.2) is 44.4 Å². The number of aryl methyl sites for hydroxylation is 1. The number of phenolic OH excluding ortho intramolecular Hbond substituents is 1. The highest BCUT2D eigenvalue weighted by molar-refractivity contribution is 5.65. The van der Waals surface area contributed by atoms with E-state index in [2.05, 4.69) is 9.88 Å². The van der Waals surface area contributed by atoms with Crippen molar-refractivity contribution < 1.29 is 10.2 Å². The number of hydrogen-bond acceptors (Lipinski definition) is 6. The maximum Gasteiger partial charge on any atom is 0.251 e. The quantitative estimate of drug-likeness (QED) is 0.697. The molecule has 2 aliphatic heterocycles. The number of fused-ring (bicyclic) bond motifs is 4. The van der Waals surface area contributed by atoms with E-state index in [4.69, 9.17) is 4.98 Å². The lowest BCUT2D eigenvalue weighted by Crippen LogP contribution is -2.50. The monoisotopic (exact) mass is 404 g/mol. The second-order valence-corrected chi connectivity index (χ2v) is 8.21. The first-order valence-corrected chi connectivity index (χ1v) is 10.3. The van der Waals surface area contributed by atoms with E-state index in [1.54, 1.807) is 28.8 Å². The van der Waals surface area contributed by atoms with E-state index in [-0.39, 0.29) is 35.8 Å². The number of aliphatic hydroxyl groups excluding tert-OH is 1. The smallest absolute Gasteiger partial charge is 0.251 e. The lowest BCUT2D eigenvalue weighted by molar-refractivity contribution is 0.132. The molecule has 7 heteroatoms. The van der Waals surface area contributed by atoms with E-state index in [0.717, 1.165) is 30.2 Å². The molecule has 4 heterocycles. The zero-order valence-electron chi connectivity index (χ0n) is 16.8. The number of rotatable bonds is 3. The van der Waals surface area contributed by atoms with Crippen LogP contribution in [0.25, 0.3) is 11.4 Å². The first-order valence-electron chi connectivity index (χ1n) is 10.3. The molecule has 2 aliphatic rings. The van der Waals surface area contributed by atoms with Crippen molar-refractivity contribution in [1.29, 1.82) is 0 Å². The van der Waals surface area contributed by atoms with Crippen LogP contribution in [0.2, 0.25) is 0 Å². The molecule has 1 fully saturated rings. The van der Waals surface area contributed by atoms with Gasteiger partial charge in [-0.1, -0.05) is 18.2 Å². The molecular weight excluding hydrogens is 380 g/mol. The first-order chi connectivity index (χ1) is 14.5. The van der Waals surface area contributed by atoms with Crippen LogP contribution in [0.4, 0.5) is 5.82 Å². The third-order valence-electron chi connectivity index (χ3n) is 6.30. The molecule has 2 N–H and O–H groups in total. The Morgan fingerprint density at radius 2 is 1.93 bits per heavy atom. The number of benzene rings is 1. The molecule has 0 unspecified atom stereocenters. The summed E-state index contributed by atoms with van der Waals surface area (Å²) in [6.07, 6.45) is 0.946. The molecule has 3 aromatic rings. The summed E-state index contributed by atoms with van der Waals surface area (Å²) < 4.78 is 1.79. The van der Waals surface area contributed by atoms with Gasteiger partial charge in [0.25, 0.3) is 5.56 Å². The number of para-hydroxylation sites is 1. The van der Waals surface area contributed by atoms with Crippen LogP contribution in [-0.2, 0) is 0 Å². The minimum absolute atomic E-state index is 0.0468. The number of piperidine rings is 1. The van der Waals surface area contributed by atoms with Gasteiger partial charge in [-0.15, -0.1) is 0 Å². The molecule has 30 heavy (non-hydrogen) atoms. The summed E-state index contributed by atoms with van der Waals surface area (Å²) in [5.74, 6) is 1.81. The zero-order chi connectivity index (χ0) is 20.8. The SMILES string of the molecule is Cc1cc(N2C[C@H]3C[C@@H](C2)[C@H](CO)n2c3cccc2=O)nc(-c2ccccc2O)n1. The van der Waals surface area contributed by atoms with E-state index in [0.29, 0.717) is 17.9 Å². The summed E-state index contributed by atoms with van der Waals surface area (Å²) in [6, 6.07) is 14.2. The van der Waals surface area contributed by atoms with Gasteiger partial charge in [0.15, 0.2) is 5.82 Å². The molecule has 1 saturated heterocycles. The molecule has 3 atom stereocenters. The molecule has 7 nitrogen and oxygen atoms in total. The summed E-state index contributed by atoms with van der Waals surface area (Å²) in [5.41, 5.74) is 2.36. The topological polar surface area (TPSA) is 91.5 Å². The van der Waals surface area contributed by atoms with Crippen molar-refractivity contribution in [3.05, 3.63) is 70.3 Å². The number of phenols is 1. The van der Waals surface area contributed by atoms with E-state index in [9.17, 15) is 15.0 Å². The third kappa shape index (κ3) is 3.06. The highest BCUT2D eigenvalue weighted by Crippen LogP contribution is 2.42. The molecule has 2 aromatic heterocycles. The molecule has 0 radical (unpaired) electrons. The number of hydrogen-bond donors (Lipinski definition) is 2. The fourth-order valence-corrected chi connectivity index (χ4v) is 4.96. The fourth-order valence-electron chi connectivity index (χ4n) is 4.96. The molecule has 0 amide bonds. The standard InChI is InChI=1S/C23H24N4O3/c1-14-9-21(25-23(24-14)17-5-2-3-7-20(17)29)26-11-15-10-16(12-26)19(13-28)27-18(15)6-4-8-22(27)30/h2-9,15-16,19,28-29H,10-13H2,1H3/t15-,16+,19+/m1/s1. The van der Waals surface area contributed by atoms with Crippen molar-refractivity contribution in [2.75, 3.05) is 24.6 Å². The molecule has 0 spiro atoms. The van der Waals surface area contributed by atoms with Gasteiger partial charge in [0, 0.05) is 48.4 Å². The highest BCUT2D eigenvalue weighted by atomic mass is 16.3. The summed E-state index contributed by atoms with van der Waals surface area (Å²) in [6.45, 7) is 3.31. The van der Waals surface area contributed by atoms with Crippen LogP contribution >= 0.6 is 0 Å². The summed E-state index contributed by atoms with van der Waals surface area (Å²) in [7, 11) is 0. The van der Waals surface area contributed by atoms with Gasteiger partial charge in [-0.25, -0.2) is 9.97 Å². The number of aliphatic hydroxyl groups is 1. The van der Waals surface area contributed by atoms with Gasteiger partial charge in [-0.05, 0) is 31.5 Å². The average molecular weight is 404 g/mol. The normalized spacial score (nSPS) is 22.6. The lowest BCUT2D eigenvalue weighted by Gasteiger charge is -2.47. The van der Waals surface area contributed by atoms with Crippen molar-refractivity contribution in [2.24, 2.45) is 5.92 Å². The maximum atomic E-state index is 12.5. The van der Waals surface area contributed by atoms with Crippen molar-refractivity contribution in [3.63, 3.8) is 0 Å². The molecule has 154 valence electrons. The van der Waals surface area contributed by atoms with Crippen LogP contribution in [0.5, 0.6) is 5.75 Å². The average Bonchev–Trinajstić information content (AvgIpc) is 2.74. The Kier molecular flexibility index (Phi) is 4.55. The molecule has 0 aliphatic carbocycles. The Morgan fingerprint density at radius 1 is 1.10 bits per heavy atom. The number of aromatic hydroxyl groups is 1. The van der Waals surface area contributed by atoms with Gasteiger partial charge < -0.3 is 19.7 Å². The van der Waals surface area contributed by atoms with Crippen LogP contribution in [0.3, 0.4) is 0 Å². The van der Waals surface area contributed by atoms with Crippen LogP contribution in [0.1, 0.15) is 29.8 Å². The summed E-state index contributed by atoms with van der Waals surface area (Å²) in [5, 5.41) is 20.3. The van der Waals surface area contributed by atoms with Crippen LogP contribution in [0.15, 0.2) is 53.3 Å². The molecule has 0 saturated carbocycles. The Balaban J connectivity index is 1.55. The van der Waals surface area contributed by atoms with Gasteiger partial charge >= 0.3 is 0 Å². The largest absolute Gasteiger partial charge is 0.507 e. The second-order valence-electron chi connectivity index (χ2n) is 8.21. The molecule has 1 aromatic carbocycles. The van der Waals surface area contributed by atoms with Crippen LogP contribution < -0.4 is 10.5 Å². The van der Waals surface area contributed by atoms with E-state index < -0.39 is 0 Å². The van der Waals surface area contributed by atoms with E-state index >= 15 is 0 Å². The second kappa shape index (κ2) is 7.25. The molecule has 5 rings (SSSR count). The molecule has 2 bridgehead atoms. The van der Waals surface area contributed by atoms with Gasteiger partial charge in [0.2, 0.25) is 0 Å². The highest BCUT2D eigenvalue weighted by Gasteiger charge is 2.40. The zero-order valence-corrected chi connectivity index (χ0v) is 16.8. The van der Waals surface area contributed by atoms with Crippen LogP contribution in [0, 0.1) is 12.8 Å². The summed E-state index contributed by atoms with van der Waals surface area (Å²) in [4.78, 5) is 24.0. The van der Waals surface area contributed by atoms with Crippen molar-refractivity contribution in [1.82, 2.24) is 14.5 Å². The van der Waals surface area contributed by atoms with Gasteiger partial charge in [0.05, 0.1) is 18.2 Å². The Bertz CT molecular complexity index is 1160. The Morgan fingerprint density at radius 3 is 2.73 bits per heavy atom. The van der Waals surface area contributed by atoms with Crippen molar-refractivity contribution in [3.8, 4) is 17.1 Å². The first kappa shape index (κ1) is 18.8. The van der Waals surface area contributed by atoms with E-state index in [1.807, 2.05) is 31.2 Å². The van der Waals surface area contributed by atoms with Crippen molar-refractivity contribution >= 4 is 5.82 Å². The Labute approximate surface area is 174 Å². The molecular formula is C23H24N4O3. The maximum absolute atomic E-state index is 12.5. The van der Waals surface area contributed by atoms with Gasteiger partial charge in [-0.3, -0.25) is 4.79 Å². The number of anilines is 1. The third-order valence-corrected chi connectivity index (χ3v) is 6.30.